The van der Waals surface area contributed by atoms with E-state index in [1.807, 2.05) is 18.7 Å². The van der Waals surface area contributed by atoms with Crippen LogP contribution in [-0.4, -0.2) is 47.2 Å². The van der Waals surface area contributed by atoms with Crippen LogP contribution in [-0.2, 0) is 4.79 Å². The fourth-order valence-electron chi connectivity index (χ4n) is 1.50. The van der Waals surface area contributed by atoms with E-state index in [0.29, 0.717) is 19.0 Å². The van der Waals surface area contributed by atoms with Gasteiger partial charge in [0.25, 0.3) is 0 Å². The third-order valence-electron chi connectivity index (χ3n) is 2.81. The number of carbonyl (C=O) groups excluding carboxylic acids is 1. The van der Waals surface area contributed by atoms with Crippen molar-refractivity contribution in [1.82, 2.24) is 10.2 Å². The highest BCUT2D eigenvalue weighted by molar-refractivity contribution is 5.78. The van der Waals surface area contributed by atoms with Crippen molar-refractivity contribution in [2.24, 2.45) is 5.92 Å². The van der Waals surface area contributed by atoms with Crippen LogP contribution in [0, 0.1) is 5.92 Å². The van der Waals surface area contributed by atoms with Crippen molar-refractivity contribution in [2.45, 2.75) is 53.2 Å². The number of hydrogen-bond donors (Lipinski definition) is 2. The molecule has 0 aliphatic rings. The summed E-state index contributed by atoms with van der Waals surface area (Å²) in [6.45, 7) is 13.3. The maximum atomic E-state index is 11.8. The molecule has 0 radical (unpaired) electrons. The third kappa shape index (κ3) is 8.16. The third-order valence-corrected chi connectivity index (χ3v) is 2.81. The Labute approximate surface area is 105 Å². The normalized spacial score (nSPS) is 14.2. The molecular formula is C13H28N2O2. The molecule has 0 aromatic rings. The molecule has 4 nitrogen and oxygen atoms in total. The van der Waals surface area contributed by atoms with Gasteiger partial charge in [0.1, 0.15) is 0 Å². The molecule has 1 amide bonds. The van der Waals surface area contributed by atoms with Gasteiger partial charge in [0.05, 0.1) is 12.1 Å². The Morgan fingerprint density at radius 3 is 2.24 bits per heavy atom. The van der Waals surface area contributed by atoms with Gasteiger partial charge in [0.2, 0.25) is 5.91 Å². The second-order valence-electron chi connectivity index (χ2n) is 5.72. The number of carbonyl (C=O) groups is 1. The lowest BCUT2D eigenvalue weighted by atomic mass is 10.1. The second-order valence-corrected chi connectivity index (χ2v) is 5.72. The Balaban J connectivity index is 4.16. The number of likely N-dealkylation sites (N-methyl/N-ethyl adjacent to an activating group) is 1. The molecule has 0 saturated carbocycles. The van der Waals surface area contributed by atoms with Gasteiger partial charge < -0.3 is 10.4 Å². The van der Waals surface area contributed by atoms with E-state index in [-0.39, 0.29) is 11.9 Å². The monoisotopic (exact) mass is 244 g/mol. The molecule has 0 rings (SSSR count). The highest BCUT2D eigenvalue weighted by Crippen LogP contribution is 2.05. The molecule has 2 N–H and O–H groups in total. The minimum atomic E-state index is -0.764. The van der Waals surface area contributed by atoms with Crippen molar-refractivity contribution >= 4 is 5.91 Å². The molecule has 102 valence electrons. The molecule has 0 aliphatic heterocycles. The molecule has 0 bridgehead atoms. The lowest BCUT2D eigenvalue weighted by Gasteiger charge is -2.28. The summed E-state index contributed by atoms with van der Waals surface area (Å²) in [6, 6.07) is 0.184. The van der Waals surface area contributed by atoms with Gasteiger partial charge in [-0.2, -0.15) is 0 Å². The van der Waals surface area contributed by atoms with E-state index in [2.05, 4.69) is 19.2 Å². The summed E-state index contributed by atoms with van der Waals surface area (Å²) >= 11 is 0. The van der Waals surface area contributed by atoms with E-state index in [0.717, 1.165) is 6.54 Å². The molecular weight excluding hydrogens is 216 g/mol. The molecule has 0 fully saturated rings. The predicted octanol–water partition coefficient (Wildman–Crippen LogP) is 1.24. The van der Waals surface area contributed by atoms with E-state index in [4.69, 9.17) is 0 Å². The van der Waals surface area contributed by atoms with Crippen LogP contribution >= 0.6 is 0 Å². The van der Waals surface area contributed by atoms with Gasteiger partial charge in [-0.3, -0.25) is 9.69 Å². The fourth-order valence-corrected chi connectivity index (χ4v) is 1.50. The topological polar surface area (TPSA) is 52.6 Å². The van der Waals surface area contributed by atoms with Crippen LogP contribution in [0.4, 0.5) is 0 Å². The number of hydrogen-bond acceptors (Lipinski definition) is 3. The number of nitrogens with zero attached hydrogens (tertiary/aromatic N) is 1. The summed E-state index contributed by atoms with van der Waals surface area (Å²) < 4.78 is 0. The Morgan fingerprint density at radius 2 is 1.88 bits per heavy atom. The fraction of sp³-hybridized carbons (Fsp3) is 0.923. The Kier molecular flexibility index (Phi) is 6.72. The van der Waals surface area contributed by atoms with Gasteiger partial charge in [-0.25, -0.2) is 0 Å². The van der Waals surface area contributed by atoms with Gasteiger partial charge in [-0.05, 0) is 33.2 Å². The summed E-state index contributed by atoms with van der Waals surface area (Å²) in [4.78, 5) is 13.7. The molecule has 0 aromatic heterocycles. The van der Waals surface area contributed by atoms with Gasteiger partial charge >= 0.3 is 0 Å². The highest BCUT2D eigenvalue weighted by atomic mass is 16.3. The van der Waals surface area contributed by atoms with Crippen LogP contribution in [0.1, 0.15) is 41.5 Å². The van der Waals surface area contributed by atoms with E-state index in [1.165, 1.54) is 0 Å². The first-order valence-corrected chi connectivity index (χ1v) is 6.39. The van der Waals surface area contributed by atoms with Crippen molar-refractivity contribution in [3.05, 3.63) is 0 Å². The van der Waals surface area contributed by atoms with Crippen LogP contribution in [0.3, 0.4) is 0 Å². The zero-order valence-electron chi connectivity index (χ0n) is 12.1. The lowest BCUT2D eigenvalue weighted by Crippen LogP contribution is -2.46. The maximum absolute atomic E-state index is 11.8. The minimum Gasteiger partial charge on any atom is -0.389 e. The predicted molar refractivity (Wildman–Crippen MR) is 70.9 cm³/mol. The second kappa shape index (κ2) is 6.97. The number of nitrogens with one attached hydrogen (secondary N) is 1. The zero-order chi connectivity index (χ0) is 13.6. The standard InChI is InChI=1S/C13H28N2O2/c1-7-15(9-13(5,6)17)8-12(16)14-11(4)10(2)3/h10-11,17H,7-9H2,1-6H3,(H,14,16). The van der Waals surface area contributed by atoms with Gasteiger partial charge in [-0.1, -0.05) is 20.8 Å². The summed E-state index contributed by atoms with van der Waals surface area (Å²) in [7, 11) is 0. The van der Waals surface area contributed by atoms with Gasteiger partial charge in [0, 0.05) is 12.6 Å². The molecule has 0 aliphatic carbocycles. The number of aliphatic hydroxyl groups is 1. The molecule has 17 heavy (non-hydrogen) atoms. The SMILES string of the molecule is CCN(CC(=O)NC(C)C(C)C)CC(C)(C)O. The first-order valence-electron chi connectivity index (χ1n) is 6.39. The molecule has 0 aromatic carbocycles. The minimum absolute atomic E-state index is 0.0253. The molecule has 1 atom stereocenters. The molecule has 0 heterocycles. The average molecular weight is 244 g/mol. The van der Waals surface area contributed by atoms with E-state index >= 15 is 0 Å². The Hall–Kier alpha value is -0.610. The largest absolute Gasteiger partial charge is 0.389 e. The lowest BCUT2D eigenvalue weighted by molar-refractivity contribution is -0.123. The number of amides is 1. The quantitative estimate of drug-likeness (QED) is 0.708. The van der Waals surface area contributed by atoms with Crippen molar-refractivity contribution < 1.29 is 9.90 Å². The van der Waals surface area contributed by atoms with E-state index < -0.39 is 5.60 Å². The summed E-state index contributed by atoms with van der Waals surface area (Å²) in [5, 5.41) is 12.7. The molecule has 4 heteroatoms. The van der Waals surface area contributed by atoms with Gasteiger partial charge in [-0.15, -0.1) is 0 Å². The molecule has 0 spiro atoms. The highest BCUT2D eigenvalue weighted by Gasteiger charge is 2.20. The Morgan fingerprint density at radius 1 is 1.35 bits per heavy atom. The Bertz CT molecular complexity index is 234. The number of rotatable bonds is 7. The van der Waals surface area contributed by atoms with Crippen molar-refractivity contribution in [1.29, 1.82) is 0 Å². The summed E-state index contributed by atoms with van der Waals surface area (Å²) in [5.74, 6) is 0.459. The first-order chi connectivity index (χ1) is 7.65. The molecule has 0 saturated heterocycles. The zero-order valence-corrected chi connectivity index (χ0v) is 12.1. The summed E-state index contributed by atoms with van der Waals surface area (Å²) in [6.07, 6.45) is 0. The smallest absolute Gasteiger partial charge is 0.234 e. The first kappa shape index (κ1) is 16.4. The van der Waals surface area contributed by atoms with Gasteiger partial charge in [0.15, 0.2) is 0 Å². The average Bonchev–Trinajstić information content (AvgIpc) is 2.14. The molecule has 1 unspecified atom stereocenters. The van der Waals surface area contributed by atoms with Crippen LogP contribution in [0.5, 0.6) is 0 Å². The van der Waals surface area contributed by atoms with Crippen molar-refractivity contribution in [3.8, 4) is 0 Å². The van der Waals surface area contributed by atoms with E-state index in [9.17, 15) is 9.90 Å². The van der Waals surface area contributed by atoms with Crippen molar-refractivity contribution in [3.63, 3.8) is 0 Å². The van der Waals surface area contributed by atoms with Crippen molar-refractivity contribution in [2.75, 3.05) is 19.6 Å². The van der Waals surface area contributed by atoms with Crippen LogP contribution in [0.2, 0.25) is 0 Å². The van der Waals surface area contributed by atoms with Crippen LogP contribution < -0.4 is 5.32 Å². The summed E-state index contributed by atoms with van der Waals surface area (Å²) in [5.41, 5.74) is -0.764. The van der Waals surface area contributed by atoms with Crippen LogP contribution in [0.15, 0.2) is 0 Å². The van der Waals surface area contributed by atoms with Crippen LogP contribution in [0.25, 0.3) is 0 Å². The maximum Gasteiger partial charge on any atom is 0.234 e. The van der Waals surface area contributed by atoms with E-state index in [1.54, 1.807) is 13.8 Å².